The van der Waals surface area contributed by atoms with Crippen LogP contribution in [0.4, 0.5) is 10.1 Å². The molecule has 1 aliphatic heterocycles. The number of hydrogen-bond acceptors (Lipinski definition) is 6. The van der Waals surface area contributed by atoms with Gasteiger partial charge in [0.2, 0.25) is 0 Å². The van der Waals surface area contributed by atoms with Crippen molar-refractivity contribution in [3.05, 3.63) is 57.3 Å². The number of ether oxygens (including phenoxy) is 1. The fraction of sp³-hybridized carbons (Fsp3) is 0.429. The molecule has 1 fully saturated rings. The van der Waals surface area contributed by atoms with Crippen LogP contribution < -0.4 is 10.5 Å². The molecule has 2 aromatic heterocycles. The average Bonchev–Trinajstić information content (AvgIpc) is 3.30. The van der Waals surface area contributed by atoms with Crippen LogP contribution in [0.3, 0.4) is 0 Å². The van der Waals surface area contributed by atoms with E-state index in [4.69, 9.17) is 16.3 Å². The first kappa shape index (κ1) is 21.5. The van der Waals surface area contributed by atoms with Crippen molar-refractivity contribution in [2.45, 2.75) is 39.0 Å². The number of benzene rings is 1. The second kappa shape index (κ2) is 8.76. The number of nitrogens with zero attached hydrogens (tertiary/aromatic N) is 6. The van der Waals surface area contributed by atoms with Gasteiger partial charge in [0.25, 0.3) is 5.56 Å². The summed E-state index contributed by atoms with van der Waals surface area (Å²) in [4.78, 5) is 14.9. The summed E-state index contributed by atoms with van der Waals surface area (Å²) in [7, 11) is 1.69. The first-order valence-electron chi connectivity index (χ1n) is 10.1. The Morgan fingerprint density at radius 1 is 1.32 bits per heavy atom. The molecule has 31 heavy (non-hydrogen) atoms. The summed E-state index contributed by atoms with van der Waals surface area (Å²) in [6.45, 7) is 5.69. The highest BCUT2D eigenvalue weighted by atomic mass is 35.5. The highest BCUT2D eigenvalue weighted by Gasteiger charge is 2.25. The number of aryl methyl sites for hydroxylation is 1. The largest absolute Gasteiger partial charge is 0.374 e. The monoisotopic (exact) mass is 446 g/mol. The zero-order valence-electron chi connectivity index (χ0n) is 17.6. The molecule has 0 spiro atoms. The minimum absolute atomic E-state index is 0.110. The van der Waals surface area contributed by atoms with Crippen LogP contribution >= 0.6 is 11.6 Å². The molecule has 164 valence electrons. The van der Waals surface area contributed by atoms with E-state index in [1.54, 1.807) is 31.4 Å². The summed E-state index contributed by atoms with van der Waals surface area (Å²) < 4.78 is 23.1. The molecule has 10 heteroatoms. The lowest BCUT2D eigenvalue weighted by Gasteiger charge is -2.19. The quantitative estimate of drug-likeness (QED) is 0.579. The summed E-state index contributed by atoms with van der Waals surface area (Å²) >= 11 is 5.85. The Morgan fingerprint density at radius 2 is 2.13 bits per heavy atom. The van der Waals surface area contributed by atoms with E-state index in [-0.39, 0.29) is 29.9 Å². The topological polar surface area (TPSA) is 78.1 Å². The summed E-state index contributed by atoms with van der Waals surface area (Å²) in [5.74, 6) is -0.503. The van der Waals surface area contributed by atoms with Gasteiger partial charge in [-0.25, -0.2) is 13.8 Å². The number of hydrogen-bond donors (Lipinski definition) is 0. The summed E-state index contributed by atoms with van der Waals surface area (Å²) in [6, 6.07) is 5.93. The average molecular weight is 447 g/mol. The number of aromatic nitrogens is 5. The lowest BCUT2D eigenvalue weighted by Crippen LogP contribution is -2.29. The molecule has 0 radical (unpaired) electrons. The van der Waals surface area contributed by atoms with Gasteiger partial charge in [-0.15, -0.1) is 5.10 Å². The predicted octanol–water partition coefficient (Wildman–Crippen LogP) is 2.88. The highest BCUT2D eigenvalue weighted by molar-refractivity contribution is 6.30. The van der Waals surface area contributed by atoms with E-state index in [0.29, 0.717) is 16.4 Å². The van der Waals surface area contributed by atoms with Gasteiger partial charge in [0.1, 0.15) is 11.5 Å². The fourth-order valence-electron chi connectivity index (χ4n) is 3.76. The van der Waals surface area contributed by atoms with Gasteiger partial charge in [0, 0.05) is 36.8 Å². The zero-order valence-corrected chi connectivity index (χ0v) is 18.4. The van der Waals surface area contributed by atoms with Crippen molar-refractivity contribution in [1.82, 2.24) is 24.8 Å². The second-order valence-corrected chi connectivity index (χ2v) is 8.32. The maximum Gasteiger partial charge on any atom is 0.269 e. The van der Waals surface area contributed by atoms with Crippen molar-refractivity contribution in [3.63, 3.8) is 0 Å². The molecule has 3 aromatic rings. The van der Waals surface area contributed by atoms with Crippen LogP contribution in [0.5, 0.6) is 0 Å². The molecule has 1 aliphatic rings. The van der Waals surface area contributed by atoms with Gasteiger partial charge in [0.05, 0.1) is 36.3 Å². The van der Waals surface area contributed by atoms with E-state index in [1.165, 1.54) is 15.4 Å². The molecular weight excluding hydrogens is 423 g/mol. The number of anilines is 1. The molecule has 0 amide bonds. The second-order valence-electron chi connectivity index (χ2n) is 7.88. The van der Waals surface area contributed by atoms with Crippen LogP contribution in [0.15, 0.2) is 35.3 Å². The Hall–Kier alpha value is -2.78. The summed E-state index contributed by atoms with van der Waals surface area (Å²) in [5.41, 5.74) is 1.70. The molecule has 1 atom stereocenters. The third kappa shape index (κ3) is 4.62. The molecule has 0 unspecified atom stereocenters. The molecule has 3 heterocycles. The van der Waals surface area contributed by atoms with E-state index < -0.39 is 5.82 Å². The van der Waals surface area contributed by atoms with Crippen LogP contribution in [-0.4, -0.2) is 50.1 Å². The Labute approximate surface area is 184 Å². The van der Waals surface area contributed by atoms with E-state index in [9.17, 15) is 9.18 Å². The molecular formula is C21H24ClFN6O2. The van der Waals surface area contributed by atoms with Crippen molar-refractivity contribution in [3.8, 4) is 11.3 Å². The molecule has 1 saturated heterocycles. The number of halogens is 2. The van der Waals surface area contributed by atoms with Gasteiger partial charge in [0.15, 0.2) is 0 Å². The van der Waals surface area contributed by atoms with E-state index >= 15 is 0 Å². The number of rotatable bonds is 6. The van der Waals surface area contributed by atoms with Crippen LogP contribution in [-0.2, 0) is 18.3 Å². The van der Waals surface area contributed by atoms with Crippen molar-refractivity contribution >= 4 is 17.3 Å². The molecule has 4 rings (SSSR count). The van der Waals surface area contributed by atoms with Crippen molar-refractivity contribution in [2.75, 3.05) is 18.0 Å². The van der Waals surface area contributed by atoms with Gasteiger partial charge in [-0.2, -0.15) is 5.10 Å². The van der Waals surface area contributed by atoms with Crippen molar-refractivity contribution in [1.29, 1.82) is 0 Å². The Bertz CT molecular complexity index is 1150. The first-order valence-corrected chi connectivity index (χ1v) is 10.5. The van der Waals surface area contributed by atoms with E-state index in [2.05, 4.69) is 20.3 Å². The van der Waals surface area contributed by atoms with E-state index in [1.807, 2.05) is 13.8 Å². The van der Waals surface area contributed by atoms with Gasteiger partial charge >= 0.3 is 0 Å². The SMILES string of the molecule is CC(C)O[C@@H]1CCN(c2cnn(Cc3c(-c4ccc(Cl)cc4F)nnn3C)c(=O)c2)C1. The molecule has 1 aromatic carbocycles. The highest BCUT2D eigenvalue weighted by Crippen LogP contribution is 2.27. The molecule has 0 aliphatic carbocycles. The van der Waals surface area contributed by atoms with Gasteiger partial charge < -0.3 is 9.64 Å². The summed E-state index contributed by atoms with van der Waals surface area (Å²) in [6.07, 6.45) is 2.91. The maximum atomic E-state index is 14.4. The molecule has 0 N–H and O–H groups in total. The smallest absolute Gasteiger partial charge is 0.269 e. The molecule has 0 bridgehead atoms. The van der Waals surface area contributed by atoms with Crippen LogP contribution in [0.1, 0.15) is 26.0 Å². The molecule has 0 saturated carbocycles. The Balaban J connectivity index is 1.56. The zero-order chi connectivity index (χ0) is 22.1. The predicted molar refractivity (Wildman–Crippen MR) is 116 cm³/mol. The van der Waals surface area contributed by atoms with Gasteiger partial charge in [-0.3, -0.25) is 4.79 Å². The van der Waals surface area contributed by atoms with Crippen LogP contribution in [0.25, 0.3) is 11.3 Å². The van der Waals surface area contributed by atoms with Gasteiger partial charge in [-0.1, -0.05) is 16.8 Å². The van der Waals surface area contributed by atoms with Crippen molar-refractivity contribution < 1.29 is 9.13 Å². The van der Waals surface area contributed by atoms with Crippen LogP contribution in [0, 0.1) is 5.82 Å². The maximum absolute atomic E-state index is 14.4. The normalized spacial score (nSPS) is 16.5. The summed E-state index contributed by atoms with van der Waals surface area (Å²) in [5, 5.41) is 12.7. The van der Waals surface area contributed by atoms with E-state index in [0.717, 1.165) is 25.2 Å². The first-order chi connectivity index (χ1) is 14.8. The molecule has 8 nitrogen and oxygen atoms in total. The lowest BCUT2D eigenvalue weighted by atomic mass is 10.1. The minimum atomic E-state index is -0.503. The third-order valence-electron chi connectivity index (χ3n) is 5.26. The lowest BCUT2D eigenvalue weighted by molar-refractivity contribution is 0.0210. The van der Waals surface area contributed by atoms with Crippen LogP contribution in [0.2, 0.25) is 5.02 Å². The Morgan fingerprint density at radius 3 is 2.84 bits per heavy atom. The minimum Gasteiger partial charge on any atom is -0.374 e. The standard InChI is InChI=1S/C21H24ClFN6O2/c1-13(2)31-16-6-7-28(11-16)15-9-20(30)29(24-10-15)12-19-21(25-26-27(19)3)17-5-4-14(22)8-18(17)23/h4-5,8-10,13,16H,6-7,11-12H2,1-3H3/t16-/m1/s1. The van der Waals surface area contributed by atoms with Gasteiger partial charge in [-0.05, 0) is 38.5 Å². The fourth-order valence-corrected chi connectivity index (χ4v) is 3.92. The van der Waals surface area contributed by atoms with Crippen molar-refractivity contribution in [2.24, 2.45) is 7.05 Å². The third-order valence-corrected chi connectivity index (χ3v) is 5.49. The Kier molecular flexibility index (Phi) is 6.06.